The third-order valence-electron chi connectivity index (χ3n) is 3.72. The first-order chi connectivity index (χ1) is 10.6. The highest BCUT2D eigenvalue weighted by Crippen LogP contribution is 2.42. The summed E-state index contributed by atoms with van der Waals surface area (Å²) in [6.07, 6.45) is 0.0349. The number of aryl methyl sites for hydroxylation is 1. The first-order valence-electron chi connectivity index (χ1n) is 6.91. The Labute approximate surface area is 131 Å². The molecule has 0 saturated heterocycles. The molecule has 1 aliphatic heterocycles. The van der Waals surface area contributed by atoms with E-state index < -0.39 is 16.9 Å². The molecule has 0 fully saturated rings. The van der Waals surface area contributed by atoms with Crippen molar-refractivity contribution < 1.29 is 14.2 Å². The van der Waals surface area contributed by atoms with Gasteiger partial charge in [-0.2, -0.15) is 0 Å². The van der Waals surface area contributed by atoms with Gasteiger partial charge in [0, 0.05) is 0 Å². The standard InChI is InChI=1S/C16H16N2O3S/c1-11-6-8-12(9-7-11)18-14(10-16(19)17-20)13-4-2-3-5-15(13)22(18)21/h2-9,14,20H,10H2,1H3,(H,17,19). The number of carbonyl (C=O) groups is 1. The van der Waals surface area contributed by atoms with Crippen molar-refractivity contribution in [2.24, 2.45) is 0 Å². The van der Waals surface area contributed by atoms with Gasteiger partial charge in [-0.15, -0.1) is 0 Å². The van der Waals surface area contributed by atoms with Crippen LogP contribution in [0.25, 0.3) is 0 Å². The van der Waals surface area contributed by atoms with Crippen molar-refractivity contribution in [1.29, 1.82) is 0 Å². The predicted octanol–water partition coefficient (Wildman–Crippen LogP) is 2.47. The average molecular weight is 316 g/mol. The molecule has 1 heterocycles. The summed E-state index contributed by atoms with van der Waals surface area (Å²) >= 11 is 0. The molecule has 0 aromatic heterocycles. The summed E-state index contributed by atoms with van der Waals surface area (Å²) in [5.74, 6) is -0.504. The number of hydroxylamine groups is 1. The Balaban J connectivity index is 2.05. The third kappa shape index (κ3) is 2.51. The number of rotatable bonds is 3. The zero-order valence-corrected chi connectivity index (χ0v) is 12.8. The van der Waals surface area contributed by atoms with Gasteiger partial charge in [0.15, 0.2) is 11.0 Å². The fraction of sp³-hybridized carbons (Fsp3) is 0.188. The molecule has 0 radical (unpaired) electrons. The van der Waals surface area contributed by atoms with Crippen molar-refractivity contribution >= 4 is 22.6 Å². The Hall–Kier alpha value is -2.18. The molecule has 0 bridgehead atoms. The van der Waals surface area contributed by atoms with Crippen molar-refractivity contribution in [2.75, 3.05) is 4.31 Å². The monoisotopic (exact) mass is 316 g/mol. The minimum absolute atomic E-state index is 0.0349. The number of benzene rings is 2. The fourth-order valence-corrected chi connectivity index (χ4v) is 4.19. The maximum Gasteiger partial charge on any atom is 0.245 e. The number of amides is 1. The number of fused-ring (bicyclic) bond motifs is 1. The van der Waals surface area contributed by atoms with Crippen molar-refractivity contribution in [1.82, 2.24) is 5.48 Å². The summed E-state index contributed by atoms with van der Waals surface area (Å²) in [6, 6.07) is 14.7. The molecule has 2 N–H and O–H groups in total. The smallest absolute Gasteiger partial charge is 0.245 e. The summed E-state index contributed by atoms with van der Waals surface area (Å²) < 4.78 is 14.5. The van der Waals surface area contributed by atoms with Gasteiger partial charge in [-0.05, 0) is 30.7 Å². The van der Waals surface area contributed by atoms with Gasteiger partial charge in [-0.3, -0.25) is 14.3 Å². The van der Waals surface area contributed by atoms with Crippen LogP contribution in [0.2, 0.25) is 0 Å². The zero-order valence-electron chi connectivity index (χ0n) is 12.0. The largest absolute Gasteiger partial charge is 0.289 e. The Kier molecular flexibility index (Phi) is 3.96. The number of hydrogen-bond acceptors (Lipinski definition) is 3. The molecule has 2 aromatic carbocycles. The molecule has 2 aromatic rings. The van der Waals surface area contributed by atoms with Crippen LogP contribution in [-0.4, -0.2) is 15.3 Å². The minimum Gasteiger partial charge on any atom is -0.289 e. The first kappa shape index (κ1) is 14.7. The van der Waals surface area contributed by atoms with Gasteiger partial charge in [-0.1, -0.05) is 35.9 Å². The summed E-state index contributed by atoms with van der Waals surface area (Å²) in [7, 11) is -1.37. The van der Waals surface area contributed by atoms with E-state index in [-0.39, 0.29) is 12.5 Å². The molecule has 1 aliphatic rings. The highest BCUT2D eigenvalue weighted by Gasteiger charge is 2.37. The lowest BCUT2D eigenvalue weighted by atomic mass is 10.0. The molecule has 0 saturated carbocycles. The highest BCUT2D eigenvalue weighted by molar-refractivity contribution is 7.87. The lowest BCUT2D eigenvalue weighted by molar-refractivity contribution is -0.129. The zero-order chi connectivity index (χ0) is 15.7. The first-order valence-corrected chi connectivity index (χ1v) is 8.02. The van der Waals surface area contributed by atoms with E-state index in [2.05, 4.69) is 0 Å². The van der Waals surface area contributed by atoms with E-state index >= 15 is 0 Å². The second-order valence-electron chi connectivity index (χ2n) is 5.20. The van der Waals surface area contributed by atoms with Crippen molar-refractivity contribution in [3.63, 3.8) is 0 Å². The molecule has 0 aliphatic carbocycles. The minimum atomic E-state index is -1.37. The predicted molar refractivity (Wildman–Crippen MR) is 83.8 cm³/mol. The van der Waals surface area contributed by atoms with Gasteiger partial charge in [-0.25, -0.2) is 9.69 Å². The Morgan fingerprint density at radius 2 is 1.91 bits per heavy atom. The summed E-state index contributed by atoms with van der Waals surface area (Å²) in [5.41, 5.74) is 4.40. The molecule has 2 unspecified atom stereocenters. The maximum atomic E-state index is 12.8. The van der Waals surface area contributed by atoms with Crippen molar-refractivity contribution in [2.45, 2.75) is 24.3 Å². The number of anilines is 1. The number of nitrogens with one attached hydrogen (secondary N) is 1. The van der Waals surface area contributed by atoms with Crippen LogP contribution in [0.1, 0.15) is 23.6 Å². The van der Waals surface area contributed by atoms with Crippen LogP contribution in [0.15, 0.2) is 53.4 Å². The maximum absolute atomic E-state index is 12.8. The van der Waals surface area contributed by atoms with Gasteiger partial charge >= 0.3 is 0 Å². The van der Waals surface area contributed by atoms with E-state index in [1.807, 2.05) is 55.5 Å². The average Bonchev–Trinajstić information content (AvgIpc) is 2.81. The lowest BCUT2D eigenvalue weighted by Gasteiger charge is -2.24. The van der Waals surface area contributed by atoms with Crippen LogP contribution in [0.5, 0.6) is 0 Å². The SMILES string of the molecule is Cc1ccc(N2C(CC(=O)NO)c3ccccc3S2=O)cc1. The van der Waals surface area contributed by atoms with E-state index in [1.54, 1.807) is 9.79 Å². The van der Waals surface area contributed by atoms with Gasteiger partial charge in [0.05, 0.1) is 23.0 Å². The molecule has 2 atom stereocenters. The van der Waals surface area contributed by atoms with Crippen LogP contribution < -0.4 is 9.79 Å². The summed E-state index contributed by atoms with van der Waals surface area (Å²) in [4.78, 5) is 12.3. The molecular formula is C16H16N2O3S. The Morgan fingerprint density at radius 1 is 1.23 bits per heavy atom. The number of carbonyl (C=O) groups excluding carboxylic acids is 1. The van der Waals surface area contributed by atoms with Gasteiger partial charge < -0.3 is 0 Å². The molecule has 1 amide bonds. The normalized spacial score (nSPS) is 19.8. The van der Waals surface area contributed by atoms with E-state index in [1.165, 1.54) is 0 Å². The van der Waals surface area contributed by atoms with E-state index in [0.29, 0.717) is 4.90 Å². The Morgan fingerprint density at radius 3 is 2.59 bits per heavy atom. The van der Waals surface area contributed by atoms with E-state index in [0.717, 1.165) is 16.8 Å². The molecule has 6 heteroatoms. The van der Waals surface area contributed by atoms with E-state index in [4.69, 9.17) is 5.21 Å². The quantitative estimate of drug-likeness (QED) is 0.675. The van der Waals surface area contributed by atoms with Crippen molar-refractivity contribution in [3.05, 3.63) is 59.7 Å². The molecule has 114 valence electrons. The molecular weight excluding hydrogens is 300 g/mol. The Bertz CT molecular complexity index is 730. The second kappa shape index (κ2) is 5.90. The van der Waals surface area contributed by atoms with Crippen LogP contribution in [-0.2, 0) is 15.8 Å². The molecule has 22 heavy (non-hydrogen) atoms. The van der Waals surface area contributed by atoms with Gasteiger partial charge in [0.25, 0.3) is 0 Å². The van der Waals surface area contributed by atoms with Crippen LogP contribution >= 0.6 is 0 Å². The molecule has 0 spiro atoms. The highest BCUT2D eigenvalue weighted by atomic mass is 32.2. The lowest BCUT2D eigenvalue weighted by Crippen LogP contribution is -2.29. The fourth-order valence-electron chi connectivity index (χ4n) is 2.64. The van der Waals surface area contributed by atoms with Gasteiger partial charge in [0.2, 0.25) is 5.91 Å². The summed E-state index contributed by atoms with van der Waals surface area (Å²) in [6.45, 7) is 1.98. The number of hydrogen-bond donors (Lipinski definition) is 2. The topological polar surface area (TPSA) is 69.6 Å². The summed E-state index contributed by atoms with van der Waals surface area (Å²) in [5, 5.41) is 8.81. The molecule has 3 rings (SSSR count). The van der Waals surface area contributed by atoms with Crippen molar-refractivity contribution in [3.8, 4) is 0 Å². The second-order valence-corrected chi connectivity index (χ2v) is 6.53. The number of nitrogens with zero attached hydrogens (tertiary/aromatic N) is 1. The third-order valence-corrected chi connectivity index (χ3v) is 5.29. The molecule has 5 nitrogen and oxygen atoms in total. The van der Waals surface area contributed by atoms with E-state index in [9.17, 15) is 9.00 Å². The van der Waals surface area contributed by atoms with Gasteiger partial charge in [0.1, 0.15) is 0 Å². The van der Waals surface area contributed by atoms with Crippen LogP contribution in [0.4, 0.5) is 5.69 Å². The van der Waals surface area contributed by atoms with Crippen LogP contribution in [0.3, 0.4) is 0 Å². The van der Waals surface area contributed by atoms with Crippen LogP contribution in [0, 0.1) is 6.92 Å².